The predicted molar refractivity (Wildman–Crippen MR) is 82.6 cm³/mol. The number of piperidine rings is 1. The lowest BCUT2D eigenvalue weighted by atomic mass is 9.92. The van der Waals surface area contributed by atoms with Crippen LogP contribution in [0.25, 0.3) is 0 Å². The van der Waals surface area contributed by atoms with Crippen LogP contribution in [0.4, 0.5) is 0 Å². The normalized spacial score (nSPS) is 24.5. The van der Waals surface area contributed by atoms with Gasteiger partial charge in [0.2, 0.25) is 5.91 Å². The molecule has 0 saturated carbocycles. The molecule has 116 valence electrons. The van der Waals surface area contributed by atoms with Crippen molar-refractivity contribution in [2.24, 2.45) is 5.84 Å². The van der Waals surface area contributed by atoms with Gasteiger partial charge in [0.1, 0.15) is 0 Å². The van der Waals surface area contributed by atoms with E-state index in [1.54, 1.807) is 7.11 Å². The lowest BCUT2D eigenvalue weighted by molar-refractivity contribution is -0.123. The smallest absolute Gasteiger partial charge is 0.242 e. The lowest BCUT2D eigenvalue weighted by Gasteiger charge is -2.40. The van der Waals surface area contributed by atoms with Crippen molar-refractivity contribution in [2.75, 3.05) is 26.7 Å². The molecule has 21 heavy (non-hydrogen) atoms. The van der Waals surface area contributed by atoms with E-state index in [0.29, 0.717) is 6.54 Å². The highest BCUT2D eigenvalue weighted by Crippen LogP contribution is 2.26. The minimum absolute atomic E-state index is 0.126. The number of benzene rings is 1. The van der Waals surface area contributed by atoms with Crippen molar-refractivity contribution >= 4 is 5.91 Å². The Morgan fingerprint density at radius 1 is 1.48 bits per heavy atom. The molecule has 1 amide bonds. The second-order valence-corrected chi connectivity index (χ2v) is 5.96. The number of ether oxygens (including phenoxy) is 1. The van der Waals surface area contributed by atoms with E-state index in [1.807, 2.05) is 30.3 Å². The summed E-state index contributed by atoms with van der Waals surface area (Å²) >= 11 is 0. The topological polar surface area (TPSA) is 67.6 Å². The maximum Gasteiger partial charge on any atom is 0.242 e. The van der Waals surface area contributed by atoms with Gasteiger partial charge in [0.15, 0.2) is 0 Å². The van der Waals surface area contributed by atoms with Gasteiger partial charge in [-0.1, -0.05) is 30.3 Å². The molecule has 1 aliphatic rings. The van der Waals surface area contributed by atoms with Crippen molar-refractivity contribution in [1.29, 1.82) is 0 Å². The largest absolute Gasteiger partial charge is 0.377 e. The number of hydrazine groups is 1. The van der Waals surface area contributed by atoms with Gasteiger partial charge in [0.25, 0.3) is 0 Å². The number of methoxy groups -OCH3 is 1. The van der Waals surface area contributed by atoms with Crippen LogP contribution in [0.3, 0.4) is 0 Å². The molecule has 1 aliphatic heterocycles. The first-order valence-corrected chi connectivity index (χ1v) is 7.41. The molecular weight excluding hydrogens is 266 g/mol. The number of amides is 1. The molecule has 0 aromatic heterocycles. The third-order valence-electron chi connectivity index (χ3n) is 4.33. The van der Waals surface area contributed by atoms with E-state index < -0.39 is 0 Å². The Hall–Kier alpha value is -1.43. The Balaban J connectivity index is 2.11. The summed E-state index contributed by atoms with van der Waals surface area (Å²) in [4.78, 5) is 14.4. The van der Waals surface area contributed by atoms with Crippen LogP contribution in [0.5, 0.6) is 0 Å². The maximum atomic E-state index is 12.1. The standard InChI is InChI=1S/C16H25N3O2/c1-16(21-2)9-6-10-19(12-16)11-14(15(20)18-17)13-7-4-3-5-8-13/h3-5,7-8,14H,6,9-12,17H2,1-2H3,(H,18,20). The summed E-state index contributed by atoms with van der Waals surface area (Å²) in [5.41, 5.74) is 3.16. The molecule has 1 saturated heterocycles. The van der Waals surface area contributed by atoms with Crippen LogP contribution in [0.15, 0.2) is 30.3 Å². The van der Waals surface area contributed by atoms with E-state index in [-0.39, 0.29) is 17.4 Å². The highest BCUT2D eigenvalue weighted by atomic mass is 16.5. The summed E-state index contributed by atoms with van der Waals surface area (Å²) in [6.45, 7) is 4.61. The summed E-state index contributed by atoms with van der Waals surface area (Å²) in [6.07, 6.45) is 2.13. The van der Waals surface area contributed by atoms with Crippen molar-refractivity contribution in [1.82, 2.24) is 10.3 Å². The van der Waals surface area contributed by atoms with Gasteiger partial charge in [0.05, 0.1) is 11.5 Å². The minimum atomic E-state index is -0.254. The summed E-state index contributed by atoms with van der Waals surface area (Å²) in [5, 5.41) is 0. The SMILES string of the molecule is COC1(C)CCCN(CC(C(=O)NN)c2ccccc2)C1. The molecule has 1 heterocycles. The van der Waals surface area contributed by atoms with Crippen LogP contribution in [0.2, 0.25) is 0 Å². The first-order chi connectivity index (χ1) is 10.1. The summed E-state index contributed by atoms with van der Waals surface area (Å²) in [5.74, 6) is 4.95. The monoisotopic (exact) mass is 291 g/mol. The first kappa shape index (κ1) is 15.9. The highest BCUT2D eigenvalue weighted by Gasteiger charge is 2.33. The molecular formula is C16H25N3O2. The zero-order valence-corrected chi connectivity index (χ0v) is 12.8. The van der Waals surface area contributed by atoms with Crippen LogP contribution in [0, 0.1) is 0 Å². The number of nitrogens with zero attached hydrogens (tertiary/aromatic N) is 1. The fraction of sp³-hybridized carbons (Fsp3) is 0.562. The van der Waals surface area contributed by atoms with Crippen LogP contribution in [-0.2, 0) is 9.53 Å². The Labute approximate surface area is 126 Å². The van der Waals surface area contributed by atoms with Gasteiger partial charge in [-0.3, -0.25) is 15.1 Å². The number of nitrogens with one attached hydrogen (secondary N) is 1. The molecule has 2 unspecified atom stereocenters. The van der Waals surface area contributed by atoms with Crippen molar-refractivity contribution in [3.8, 4) is 0 Å². The van der Waals surface area contributed by atoms with Gasteiger partial charge in [0, 0.05) is 20.2 Å². The van der Waals surface area contributed by atoms with Gasteiger partial charge in [-0.25, -0.2) is 5.84 Å². The predicted octanol–water partition coefficient (Wildman–Crippen LogP) is 1.26. The number of rotatable bonds is 5. The molecule has 0 radical (unpaired) electrons. The van der Waals surface area contributed by atoms with Gasteiger partial charge < -0.3 is 4.74 Å². The number of nitrogens with two attached hydrogens (primary N) is 1. The van der Waals surface area contributed by atoms with Gasteiger partial charge in [-0.15, -0.1) is 0 Å². The van der Waals surface area contributed by atoms with Crippen LogP contribution in [0.1, 0.15) is 31.2 Å². The lowest BCUT2D eigenvalue weighted by Crippen LogP contribution is -2.50. The molecule has 3 N–H and O–H groups in total. The van der Waals surface area contributed by atoms with Gasteiger partial charge >= 0.3 is 0 Å². The molecule has 1 aromatic rings. The van der Waals surface area contributed by atoms with E-state index in [2.05, 4.69) is 17.2 Å². The van der Waals surface area contributed by atoms with Crippen molar-refractivity contribution < 1.29 is 9.53 Å². The van der Waals surface area contributed by atoms with Crippen molar-refractivity contribution in [3.63, 3.8) is 0 Å². The highest BCUT2D eigenvalue weighted by molar-refractivity contribution is 5.83. The van der Waals surface area contributed by atoms with Gasteiger partial charge in [-0.05, 0) is 31.9 Å². The maximum absolute atomic E-state index is 12.1. The zero-order valence-electron chi connectivity index (χ0n) is 12.8. The molecule has 5 nitrogen and oxygen atoms in total. The van der Waals surface area contributed by atoms with E-state index in [0.717, 1.165) is 31.5 Å². The van der Waals surface area contributed by atoms with Crippen LogP contribution < -0.4 is 11.3 Å². The number of carbonyl (C=O) groups is 1. The molecule has 0 spiro atoms. The Morgan fingerprint density at radius 2 is 2.19 bits per heavy atom. The number of hydrogen-bond acceptors (Lipinski definition) is 4. The zero-order chi connectivity index (χ0) is 15.3. The van der Waals surface area contributed by atoms with Crippen LogP contribution >= 0.6 is 0 Å². The van der Waals surface area contributed by atoms with E-state index in [1.165, 1.54) is 0 Å². The molecule has 1 fully saturated rings. The Morgan fingerprint density at radius 3 is 2.81 bits per heavy atom. The van der Waals surface area contributed by atoms with E-state index in [4.69, 9.17) is 10.6 Å². The fourth-order valence-corrected chi connectivity index (χ4v) is 3.01. The second-order valence-electron chi connectivity index (χ2n) is 5.96. The average molecular weight is 291 g/mol. The molecule has 5 heteroatoms. The molecule has 0 bridgehead atoms. The number of hydrogen-bond donors (Lipinski definition) is 2. The number of likely N-dealkylation sites (tertiary alicyclic amines) is 1. The minimum Gasteiger partial charge on any atom is -0.377 e. The third-order valence-corrected chi connectivity index (χ3v) is 4.33. The van der Waals surface area contributed by atoms with Crippen molar-refractivity contribution in [2.45, 2.75) is 31.3 Å². The average Bonchev–Trinajstić information content (AvgIpc) is 2.53. The quantitative estimate of drug-likeness (QED) is 0.487. The second kappa shape index (κ2) is 7.02. The summed E-state index contributed by atoms with van der Waals surface area (Å²) in [6, 6.07) is 9.78. The Kier molecular flexibility index (Phi) is 5.33. The fourth-order valence-electron chi connectivity index (χ4n) is 3.01. The van der Waals surface area contributed by atoms with Crippen molar-refractivity contribution in [3.05, 3.63) is 35.9 Å². The van der Waals surface area contributed by atoms with E-state index >= 15 is 0 Å². The molecule has 2 atom stereocenters. The molecule has 0 aliphatic carbocycles. The Bertz CT molecular complexity index is 466. The first-order valence-electron chi connectivity index (χ1n) is 7.41. The van der Waals surface area contributed by atoms with Gasteiger partial charge in [-0.2, -0.15) is 0 Å². The summed E-state index contributed by atoms with van der Waals surface area (Å²) in [7, 11) is 1.75. The van der Waals surface area contributed by atoms with Crippen LogP contribution in [-0.4, -0.2) is 43.2 Å². The number of carbonyl (C=O) groups excluding carboxylic acids is 1. The summed E-state index contributed by atoms with van der Waals surface area (Å²) < 4.78 is 5.62. The van der Waals surface area contributed by atoms with E-state index in [9.17, 15) is 4.79 Å². The molecule has 1 aromatic carbocycles. The third kappa shape index (κ3) is 4.03. The molecule has 2 rings (SSSR count).